The van der Waals surface area contributed by atoms with Crippen molar-refractivity contribution in [3.05, 3.63) is 0 Å². The first-order chi connectivity index (χ1) is 11.6. The van der Waals surface area contributed by atoms with Crippen molar-refractivity contribution >= 4 is 29.1 Å². The first kappa shape index (κ1) is 21.5. The average Bonchev–Trinajstić information content (AvgIpc) is 2.89. The number of hydrogen-bond donors (Lipinski definition) is 3. The van der Waals surface area contributed by atoms with Gasteiger partial charge < -0.3 is 15.7 Å². The van der Waals surface area contributed by atoms with E-state index in [-0.39, 0.29) is 5.92 Å². The maximum atomic E-state index is 12.4. The van der Waals surface area contributed by atoms with E-state index in [0.29, 0.717) is 18.9 Å². The minimum Gasteiger partial charge on any atom is -0.479 e. The fourth-order valence-electron chi connectivity index (χ4n) is 2.18. The molecule has 10 heteroatoms. The molecule has 1 saturated heterocycles. The van der Waals surface area contributed by atoms with Gasteiger partial charge in [0.25, 0.3) is 11.5 Å². The van der Waals surface area contributed by atoms with Crippen molar-refractivity contribution < 1.29 is 32.1 Å². The van der Waals surface area contributed by atoms with Crippen LogP contribution in [-0.4, -0.2) is 51.9 Å². The zero-order chi connectivity index (χ0) is 19.2. The van der Waals surface area contributed by atoms with Gasteiger partial charge in [-0.25, -0.2) is 8.98 Å². The molecule has 3 N–H and O–H groups in total. The number of carboxylic acid groups (broad SMARTS) is 1. The van der Waals surface area contributed by atoms with E-state index in [1.807, 2.05) is 27.7 Å². The van der Waals surface area contributed by atoms with E-state index < -0.39 is 47.4 Å². The lowest BCUT2D eigenvalue weighted by molar-refractivity contribution is -0.162. The molecule has 0 spiro atoms. The SMILES string of the molecule is CC(C)CCNC(=O)[C@H](CC(C)C)NC(=O)[C@]1(C(=O)O)COS(=O)O1. The Hall–Kier alpha value is -1.52. The highest BCUT2D eigenvalue weighted by Crippen LogP contribution is 2.23. The van der Waals surface area contributed by atoms with Gasteiger partial charge >= 0.3 is 17.3 Å². The fourth-order valence-corrected chi connectivity index (χ4v) is 2.92. The van der Waals surface area contributed by atoms with Gasteiger partial charge in [-0.05, 0) is 24.7 Å². The second kappa shape index (κ2) is 9.25. The molecule has 1 rings (SSSR count). The first-order valence-corrected chi connectivity index (χ1v) is 9.15. The zero-order valence-corrected chi connectivity index (χ0v) is 15.7. The third kappa shape index (κ3) is 6.05. The number of rotatable bonds is 9. The van der Waals surface area contributed by atoms with Gasteiger partial charge in [-0.1, -0.05) is 27.7 Å². The number of nitrogens with one attached hydrogen (secondary N) is 2. The summed E-state index contributed by atoms with van der Waals surface area (Å²) in [5.74, 6) is -2.59. The third-order valence-electron chi connectivity index (χ3n) is 3.63. The maximum absolute atomic E-state index is 12.4. The molecular weight excluding hydrogens is 352 g/mol. The minimum absolute atomic E-state index is 0.0804. The third-order valence-corrected chi connectivity index (χ3v) is 4.36. The van der Waals surface area contributed by atoms with Crippen LogP contribution in [0.2, 0.25) is 0 Å². The molecule has 9 nitrogen and oxygen atoms in total. The molecule has 0 radical (unpaired) electrons. The van der Waals surface area contributed by atoms with Crippen LogP contribution >= 0.6 is 0 Å². The van der Waals surface area contributed by atoms with E-state index in [2.05, 4.69) is 19.0 Å². The Bertz CT molecular complexity index is 538. The van der Waals surface area contributed by atoms with Crippen LogP contribution in [0.5, 0.6) is 0 Å². The molecule has 0 aromatic rings. The molecule has 1 heterocycles. The molecule has 3 atom stereocenters. The summed E-state index contributed by atoms with van der Waals surface area (Å²) in [6.45, 7) is 7.55. The van der Waals surface area contributed by atoms with Crippen LogP contribution in [0.4, 0.5) is 0 Å². The van der Waals surface area contributed by atoms with Gasteiger partial charge in [-0.15, -0.1) is 0 Å². The molecule has 0 aromatic carbocycles. The number of aliphatic carboxylic acids is 1. The monoisotopic (exact) mass is 378 g/mol. The summed E-state index contributed by atoms with van der Waals surface area (Å²) in [6, 6.07) is -0.923. The van der Waals surface area contributed by atoms with E-state index in [0.717, 1.165) is 6.42 Å². The van der Waals surface area contributed by atoms with Gasteiger partial charge in [0.2, 0.25) is 5.91 Å². The molecular formula is C15H26N2O7S. The molecule has 0 aliphatic carbocycles. The van der Waals surface area contributed by atoms with E-state index in [1.54, 1.807) is 0 Å². The van der Waals surface area contributed by atoms with E-state index in [1.165, 1.54) is 0 Å². The fraction of sp³-hybridized carbons (Fsp3) is 0.800. The molecule has 0 bridgehead atoms. The maximum Gasteiger partial charge on any atom is 0.350 e. The highest BCUT2D eigenvalue weighted by Gasteiger charge is 2.56. The smallest absolute Gasteiger partial charge is 0.350 e. The van der Waals surface area contributed by atoms with Crippen LogP contribution in [0.25, 0.3) is 0 Å². The number of carbonyl (C=O) groups excluding carboxylic acids is 2. The van der Waals surface area contributed by atoms with Gasteiger partial charge in [0.15, 0.2) is 0 Å². The van der Waals surface area contributed by atoms with Crippen molar-refractivity contribution in [1.82, 2.24) is 10.6 Å². The lowest BCUT2D eigenvalue weighted by Gasteiger charge is -2.25. The summed E-state index contributed by atoms with van der Waals surface area (Å²) in [4.78, 5) is 36.2. The normalized spacial score (nSPS) is 24.3. The minimum atomic E-state index is -2.42. The molecule has 0 aromatic heterocycles. The Balaban J connectivity index is 2.82. The van der Waals surface area contributed by atoms with Crippen molar-refractivity contribution in [2.24, 2.45) is 11.8 Å². The summed E-state index contributed by atoms with van der Waals surface area (Å²) < 4.78 is 20.5. The van der Waals surface area contributed by atoms with Gasteiger partial charge in [0.05, 0.1) is 0 Å². The van der Waals surface area contributed by atoms with Crippen LogP contribution in [0.15, 0.2) is 0 Å². The molecule has 1 aliphatic rings. The van der Waals surface area contributed by atoms with E-state index >= 15 is 0 Å². The predicted molar refractivity (Wildman–Crippen MR) is 89.4 cm³/mol. The van der Waals surface area contributed by atoms with Gasteiger partial charge in [0, 0.05) is 6.54 Å². The number of carbonyl (C=O) groups is 3. The lowest BCUT2D eigenvalue weighted by Crippen LogP contribution is -2.59. The van der Waals surface area contributed by atoms with Crippen LogP contribution in [0.3, 0.4) is 0 Å². The Kier molecular flexibility index (Phi) is 7.97. The van der Waals surface area contributed by atoms with Crippen molar-refractivity contribution in [2.75, 3.05) is 13.2 Å². The van der Waals surface area contributed by atoms with Crippen LogP contribution < -0.4 is 10.6 Å². The van der Waals surface area contributed by atoms with Crippen molar-refractivity contribution in [1.29, 1.82) is 0 Å². The Morgan fingerprint density at radius 1 is 1.20 bits per heavy atom. The Morgan fingerprint density at radius 2 is 1.84 bits per heavy atom. The molecule has 144 valence electrons. The predicted octanol–water partition coefficient (Wildman–Crippen LogP) is 0.129. The number of amides is 2. The van der Waals surface area contributed by atoms with Crippen molar-refractivity contribution in [3.63, 3.8) is 0 Å². The van der Waals surface area contributed by atoms with Crippen LogP contribution in [-0.2, 0) is 34.1 Å². The zero-order valence-electron chi connectivity index (χ0n) is 14.9. The average molecular weight is 378 g/mol. The van der Waals surface area contributed by atoms with E-state index in [9.17, 15) is 23.7 Å². The van der Waals surface area contributed by atoms with E-state index in [4.69, 9.17) is 0 Å². The lowest BCUT2D eigenvalue weighted by atomic mass is 10.00. The van der Waals surface area contributed by atoms with Crippen molar-refractivity contribution in [3.8, 4) is 0 Å². The largest absolute Gasteiger partial charge is 0.479 e. The summed E-state index contributed by atoms with van der Waals surface area (Å²) in [5, 5.41) is 14.4. The van der Waals surface area contributed by atoms with Crippen LogP contribution in [0, 0.1) is 11.8 Å². The molecule has 0 saturated carbocycles. The Morgan fingerprint density at radius 3 is 2.28 bits per heavy atom. The van der Waals surface area contributed by atoms with Gasteiger partial charge in [0.1, 0.15) is 12.6 Å². The molecule has 1 aliphatic heterocycles. The highest BCUT2D eigenvalue weighted by molar-refractivity contribution is 7.75. The van der Waals surface area contributed by atoms with Gasteiger partial charge in [-0.3, -0.25) is 13.8 Å². The van der Waals surface area contributed by atoms with Crippen LogP contribution in [0.1, 0.15) is 40.5 Å². The summed E-state index contributed by atoms with van der Waals surface area (Å²) in [6.07, 6.45) is 1.10. The van der Waals surface area contributed by atoms with Crippen molar-refractivity contribution in [2.45, 2.75) is 52.2 Å². The number of hydrogen-bond acceptors (Lipinski definition) is 6. The van der Waals surface area contributed by atoms with Gasteiger partial charge in [-0.2, -0.15) is 4.21 Å². The number of carboxylic acids is 1. The molecule has 2 amide bonds. The molecule has 1 unspecified atom stereocenters. The summed E-state index contributed by atoms with van der Waals surface area (Å²) in [7, 11) is 0. The topological polar surface area (TPSA) is 131 Å². The standard InChI is InChI=1S/C15H26N2O7S/c1-9(2)5-6-16-12(18)11(7-10(3)4)17-13(19)15(14(20)21)8-23-25(22)24-15/h9-11H,5-8H2,1-4H3,(H,16,18)(H,17,19)(H,20,21)/t11-,15-,25?/m0/s1. The second-order valence-electron chi connectivity index (χ2n) is 6.81. The highest BCUT2D eigenvalue weighted by atomic mass is 32.2. The first-order valence-electron chi connectivity index (χ1n) is 8.15. The molecule has 1 fully saturated rings. The molecule has 25 heavy (non-hydrogen) atoms. The Labute approximate surface area is 149 Å². The quantitative estimate of drug-likeness (QED) is 0.486. The summed E-state index contributed by atoms with van der Waals surface area (Å²) in [5.41, 5.74) is -2.42. The second-order valence-corrected chi connectivity index (χ2v) is 7.62. The summed E-state index contributed by atoms with van der Waals surface area (Å²) >= 11 is -2.32.